The monoisotopic (exact) mass is 170 g/mol. The smallest absolute Gasteiger partial charge is 0.303 e. The summed E-state index contributed by atoms with van der Waals surface area (Å²) in [5, 5.41) is 23.8. The maximum Gasteiger partial charge on any atom is 0.303 e. The molecule has 0 aliphatic carbocycles. The molecule has 0 aromatic carbocycles. The van der Waals surface area contributed by atoms with Gasteiger partial charge in [0.2, 0.25) is 0 Å². The van der Waals surface area contributed by atoms with Gasteiger partial charge in [-0.1, -0.05) is 0 Å². The number of aliphatic hydroxyl groups is 1. The summed E-state index contributed by atoms with van der Waals surface area (Å²) < 4.78 is 0. The van der Waals surface area contributed by atoms with Crippen molar-refractivity contribution in [2.45, 2.75) is 18.9 Å². The molecule has 0 saturated heterocycles. The fraction of sp³-hybridized carbons (Fsp3) is 0.429. The number of H-pyrrole nitrogens is 1. The van der Waals surface area contributed by atoms with Crippen molar-refractivity contribution in [1.29, 1.82) is 0 Å². The Morgan fingerprint density at radius 2 is 2.50 bits per heavy atom. The van der Waals surface area contributed by atoms with Crippen molar-refractivity contribution >= 4 is 5.97 Å². The van der Waals surface area contributed by atoms with Crippen LogP contribution in [0, 0.1) is 0 Å². The zero-order valence-electron chi connectivity index (χ0n) is 6.40. The van der Waals surface area contributed by atoms with Crippen LogP contribution in [-0.4, -0.2) is 26.4 Å². The minimum atomic E-state index is -0.905. The molecule has 66 valence electrons. The quantitative estimate of drug-likeness (QED) is 0.606. The third kappa shape index (κ3) is 2.35. The van der Waals surface area contributed by atoms with Crippen molar-refractivity contribution in [3.8, 4) is 0 Å². The van der Waals surface area contributed by atoms with E-state index >= 15 is 0 Å². The number of carboxylic acid groups (broad SMARTS) is 1. The van der Waals surface area contributed by atoms with E-state index in [0.717, 1.165) is 0 Å². The van der Waals surface area contributed by atoms with E-state index in [0.29, 0.717) is 5.56 Å². The highest BCUT2D eigenvalue weighted by Crippen LogP contribution is 2.15. The van der Waals surface area contributed by atoms with Gasteiger partial charge in [-0.25, -0.2) is 0 Å². The first-order chi connectivity index (χ1) is 5.70. The Hall–Kier alpha value is -1.36. The van der Waals surface area contributed by atoms with Crippen LogP contribution in [0.3, 0.4) is 0 Å². The molecule has 0 aliphatic rings. The molecular formula is C7H10N2O3. The lowest BCUT2D eigenvalue weighted by molar-refractivity contribution is -0.137. The lowest BCUT2D eigenvalue weighted by Crippen LogP contribution is -2.01. The number of aliphatic carboxylic acids is 1. The summed E-state index contributed by atoms with van der Waals surface area (Å²) in [6.45, 7) is 0. The highest BCUT2D eigenvalue weighted by molar-refractivity contribution is 5.66. The van der Waals surface area contributed by atoms with Crippen LogP contribution in [0.2, 0.25) is 0 Å². The molecule has 0 bridgehead atoms. The van der Waals surface area contributed by atoms with Gasteiger partial charge in [0, 0.05) is 18.2 Å². The van der Waals surface area contributed by atoms with Gasteiger partial charge < -0.3 is 10.2 Å². The number of hydrogen-bond acceptors (Lipinski definition) is 3. The Morgan fingerprint density at radius 1 is 1.75 bits per heavy atom. The molecule has 0 saturated carbocycles. The molecule has 5 nitrogen and oxygen atoms in total. The SMILES string of the molecule is O=C(O)CCC(O)c1cn[nH]c1. The first-order valence-electron chi connectivity index (χ1n) is 3.58. The second kappa shape index (κ2) is 3.87. The van der Waals surface area contributed by atoms with Gasteiger partial charge in [-0.15, -0.1) is 0 Å². The summed E-state index contributed by atoms with van der Waals surface area (Å²) in [5.41, 5.74) is 0.622. The fourth-order valence-electron chi connectivity index (χ4n) is 0.870. The largest absolute Gasteiger partial charge is 0.481 e. The molecule has 0 amide bonds. The zero-order chi connectivity index (χ0) is 8.97. The highest BCUT2D eigenvalue weighted by Gasteiger charge is 2.09. The van der Waals surface area contributed by atoms with E-state index in [4.69, 9.17) is 5.11 Å². The van der Waals surface area contributed by atoms with Crippen LogP contribution in [0.5, 0.6) is 0 Å². The van der Waals surface area contributed by atoms with Gasteiger partial charge in [-0.05, 0) is 6.42 Å². The summed E-state index contributed by atoms with van der Waals surface area (Å²) in [6, 6.07) is 0. The summed E-state index contributed by atoms with van der Waals surface area (Å²) in [4.78, 5) is 10.1. The number of carboxylic acids is 1. The molecular weight excluding hydrogens is 160 g/mol. The molecule has 1 aromatic rings. The number of nitrogens with one attached hydrogen (secondary N) is 1. The topological polar surface area (TPSA) is 86.2 Å². The third-order valence-electron chi connectivity index (χ3n) is 1.54. The van der Waals surface area contributed by atoms with Crippen LogP contribution in [0.1, 0.15) is 24.5 Å². The minimum Gasteiger partial charge on any atom is -0.481 e. The van der Waals surface area contributed by atoms with Crippen LogP contribution in [0.15, 0.2) is 12.4 Å². The Bertz CT molecular complexity index is 245. The zero-order valence-corrected chi connectivity index (χ0v) is 6.40. The number of aromatic nitrogens is 2. The van der Waals surface area contributed by atoms with Crippen LogP contribution in [-0.2, 0) is 4.79 Å². The molecule has 0 aliphatic heterocycles. The summed E-state index contributed by atoms with van der Waals surface area (Å²) in [7, 11) is 0. The van der Waals surface area contributed by atoms with Crippen molar-refractivity contribution in [3.63, 3.8) is 0 Å². The maximum atomic E-state index is 10.1. The van der Waals surface area contributed by atoms with Crippen LogP contribution >= 0.6 is 0 Å². The first kappa shape index (κ1) is 8.73. The number of aromatic amines is 1. The van der Waals surface area contributed by atoms with Gasteiger partial charge >= 0.3 is 5.97 Å². The van der Waals surface area contributed by atoms with Gasteiger partial charge in [-0.3, -0.25) is 9.89 Å². The summed E-state index contributed by atoms with van der Waals surface area (Å²) >= 11 is 0. The molecule has 0 fully saturated rings. The van der Waals surface area contributed by atoms with Gasteiger partial charge in [0.15, 0.2) is 0 Å². The molecule has 0 radical (unpaired) electrons. The second-order valence-corrected chi connectivity index (χ2v) is 2.48. The number of hydrogen-bond donors (Lipinski definition) is 3. The van der Waals surface area contributed by atoms with Gasteiger partial charge in [-0.2, -0.15) is 5.10 Å². The summed E-state index contributed by atoms with van der Waals surface area (Å²) in [6.07, 6.45) is 2.47. The van der Waals surface area contributed by atoms with Crippen LogP contribution in [0.4, 0.5) is 0 Å². The maximum absolute atomic E-state index is 10.1. The molecule has 5 heteroatoms. The molecule has 3 N–H and O–H groups in total. The second-order valence-electron chi connectivity index (χ2n) is 2.48. The standard InChI is InChI=1S/C7H10N2O3/c10-6(1-2-7(11)12)5-3-8-9-4-5/h3-4,6,10H,1-2H2,(H,8,9)(H,11,12). The van der Waals surface area contributed by atoms with E-state index in [9.17, 15) is 9.90 Å². The van der Waals surface area contributed by atoms with E-state index in [1.807, 2.05) is 0 Å². The minimum absolute atomic E-state index is 0.0354. The lowest BCUT2D eigenvalue weighted by atomic mass is 10.1. The Morgan fingerprint density at radius 3 is 3.00 bits per heavy atom. The Kier molecular flexibility index (Phi) is 2.82. The number of rotatable bonds is 4. The van der Waals surface area contributed by atoms with E-state index in [1.165, 1.54) is 6.20 Å². The van der Waals surface area contributed by atoms with E-state index in [-0.39, 0.29) is 12.8 Å². The van der Waals surface area contributed by atoms with Gasteiger partial charge in [0.1, 0.15) is 0 Å². The van der Waals surface area contributed by atoms with E-state index in [2.05, 4.69) is 10.2 Å². The lowest BCUT2D eigenvalue weighted by Gasteiger charge is -2.04. The van der Waals surface area contributed by atoms with Crippen molar-refractivity contribution in [1.82, 2.24) is 10.2 Å². The van der Waals surface area contributed by atoms with E-state index < -0.39 is 12.1 Å². The van der Waals surface area contributed by atoms with Crippen LogP contribution < -0.4 is 0 Å². The molecule has 1 atom stereocenters. The molecule has 0 spiro atoms. The first-order valence-corrected chi connectivity index (χ1v) is 3.58. The van der Waals surface area contributed by atoms with Gasteiger partial charge in [0.05, 0.1) is 12.3 Å². The predicted molar refractivity (Wildman–Crippen MR) is 40.4 cm³/mol. The van der Waals surface area contributed by atoms with Crippen molar-refractivity contribution in [2.24, 2.45) is 0 Å². The predicted octanol–water partition coefficient (Wildman–Crippen LogP) is 0.308. The third-order valence-corrected chi connectivity index (χ3v) is 1.54. The molecule has 1 heterocycles. The average molecular weight is 170 g/mol. The number of carbonyl (C=O) groups is 1. The normalized spacial score (nSPS) is 12.8. The number of nitrogens with zero attached hydrogens (tertiary/aromatic N) is 1. The summed E-state index contributed by atoms with van der Waals surface area (Å²) in [5.74, 6) is -0.905. The van der Waals surface area contributed by atoms with Crippen molar-refractivity contribution in [3.05, 3.63) is 18.0 Å². The van der Waals surface area contributed by atoms with Gasteiger partial charge in [0.25, 0.3) is 0 Å². The van der Waals surface area contributed by atoms with E-state index in [1.54, 1.807) is 6.20 Å². The molecule has 1 unspecified atom stereocenters. The van der Waals surface area contributed by atoms with Crippen LogP contribution in [0.25, 0.3) is 0 Å². The van der Waals surface area contributed by atoms with Crippen molar-refractivity contribution < 1.29 is 15.0 Å². The molecule has 1 rings (SSSR count). The number of aliphatic hydroxyl groups excluding tert-OH is 1. The Balaban J connectivity index is 2.39. The highest BCUT2D eigenvalue weighted by atomic mass is 16.4. The molecule has 12 heavy (non-hydrogen) atoms. The molecule has 1 aromatic heterocycles. The Labute approximate surface area is 69.0 Å². The fourth-order valence-corrected chi connectivity index (χ4v) is 0.870. The average Bonchev–Trinajstić information content (AvgIpc) is 2.51. The van der Waals surface area contributed by atoms with Crippen molar-refractivity contribution in [2.75, 3.05) is 0 Å².